The summed E-state index contributed by atoms with van der Waals surface area (Å²) in [6.45, 7) is 1.80. The normalized spacial score (nSPS) is 11.0. The van der Waals surface area contributed by atoms with Gasteiger partial charge in [0.1, 0.15) is 16.2 Å². The summed E-state index contributed by atoms with van der Waals surface area (Å²) in [5, 5.41) is 8.18. The van der Waals surface area contributed by atoms with Crippen molar-refractivity contribution in [3.05, 3.63) is 54.5 Å². The Morgan fingerprint density at radius 2 is 2.08 bits per heavy atom. The quantitative estimate of drug-likeness (QED) is 0.407. The molecule has 0 aliphatic carbocycles. The molecule has 0 bridgehead atoms. The number of anilines is 1. The van der Waals surface area contributed by atoms with E-state index in [-0.39, 0.29) is 11.7 Å². The van der Waals surface area contributed by atoms with Crippen molar-refractivity contribution in [2.75, 3.05) is 11.1 Å². The van der Waals surface area contributed by atoms with Crippen LogP contribution in [0.4, 0.5) is 5.88 Å². The third-order valence-corrected chi connectivity index (χ3v) is 5.68. The number of amides is 1. The number of carbonyl (C=O) groups is 1. The number of carbonyl (C=O) groups excluding carboxylic acids is 1. The molecule has 0 unspecified atom stereocenters. The molecule has 8 heteroatoms. The highest BCUT2D eigenvalue weighted by Crippen LogP contribution is 2.36. The largest absolute Gasteiger partial charge is 0.338 e. The van der Waals surface area contributed by atoms with Crippen molar-refractivity contribution in [3.63, 3.8) is 0 Å². The van der Waals surface area contributed by atoms with E-state index in [1.807, 2.05) is 18.2 Å². The Balaban J connectivity index is 1.51. The van der Waals surface area contributed by atoms with E-state index >= 15 is 0 Å². The molecule has 0 aliphatic heterocycles. The molecule has 0 atom stereocenters. The molecule has 0 fully saturated rings. The lowest BCUT2D eigenvalue weighted by atomic mass is 10.2. The van der Waals surface area contributed by atoms with Crippen molar-refractivity contribution in [1.82, 2.24) is 15.1 Å². The second kappa shape index (κ2) is 7.27. The zero-order chi connectivity index (χ0) is 17.9. The molecule has 4 aromatic rings. The van der Waals surface area contributed by atoms with E-state index in [1.54, 1.807) is 24.3 Å². The number of benzene rings is 1. The third kappa shape index (κ3) is 3.61. The molecule has 26 heavy (non-hydrogen) atoms. The molecule has 4 rings (SSSR count). The minimum Gasteiger partial charge on any atom is -0.338 e. The highest BCUT2D eigenvalue weighted by atomic mass is 32.2. The Bertz CT molecular complexity index is 1060. The van der Waals surface area contributed by atoms with Crippen LogP contribution in [0.25, 0.3) is 20.7 Å². The molecule has 3 aromatic heterocycles. The number of aryl methyl sites for hydroxylation is 1. The van der Waals surface area contributed by atoms with Gasteiger partial charge in [-0.05, 0) is 18.6 Å². The number of rotatable bonds is 5. The number of thiophene rings is 1. The number of hydrogen-bond donors (Lipinski definition) is 1. The molecule has 1 aromatic carbocycles. The molecule has 1 N–H and O–H groups in total. The van der Waals surface area contributed by atoms with Crippen molar-refractivity contribution in [2.45, 2.75) is 11.9 Å². The van der Waals surface area contributed by atoms with E-state index in [0.717, 1.165) is 31.4 Å². The summed E-state index contributed by atoms with van der Waals surface area (Å²) >= 11 is 2.99. The lowest BCUT2D eigenvalue weighted by Crippen LogP contribution is -2.13. The van der Waals surface area contributed by atoms with Gasteiger partial charge in [-0.3, -0.25) is 10.1 Å². The van der Waals surface area contributed by atoms with Crippen LogP contribution in [-0.2, 0) is 4.79 Å². The molecular weight excluding hydrogens is 368 g/mol. The fourth-order valence-electron chi connectivity index (χ4n) is 2.42. The van der Waals surface area contributed by atoms with E-state index < -0.39 is 0 Å². The first-order chi connectivity index (χ1) is 12.7. The maximum Gasteiger partial charge on any atom is 0.237 e. The molecule has 0 aliphatic rings. The molecule has 1 amide bonds. The van der Waals surface area contributed by atoms with Crippen LogP contribution in [0.5, 0.6) is 0 Å². The molecule has 0 radical (unpaired) electrons. The van der Waals surface area contributed by atoms with Gasteiger partial charge >= 0.3 is 0 Å². The lowest BCUT2D eigenvalue weighted by Gasteiger charge is -2.02. The fourth-order valence-corrected chi connectivity index (χ4v) is 4.27. The van der Waals surface area contributed by atoms with Gasteiger partial charge in [-0.1, -0.05) is 47.3 Å². The van der Waals surface area contributed by atoms with E-state index in [4.69, 9.17) is 4.52 Å². The lowest BCUT2D eigenvalue weighted by molar-refractivity contribution is -0.113. The molecule has 130 valence electrons. The van der Waals surface area contributed by atoms with Crippen LogP contribution in [0.3, 0.4) is 0 Å². The molecular formula is C18H14N4O2S2. The fraction of sp³-hybridized carbons (Fsp3) is 0.111. The van der Waals surface area contributed by atoms with Crippen LogP contribution in [0.1, 0.15) is 5.69 Å². The third-order valence-electron chi connectivity index (χ3n) is 3.58. The van der Waals surface area contributed by atoms with Crippen LogP contribution in [0.15, 0.2) is 58.3 Å². The smallest absolute Gasteiger partial charge is 0.237 e. The van der Waals surface area contributed by atoms with Gasteiger partial charge in [-0.25, -0.2) is 9.97 Å². The van der Waals surface area contributed by atoms with Crippen LogP contribution in [-0.4, -0.2) is 26.8 Å². The summed E-state index contributed by atoms with van der Waals surface area (Å²) in [4.78, 5) is 22.8. The van der Waals surface area contributed by atoms with Gasteiger partial charge < -0.3 is 4.52 Å². The second-order valence-corrected chi connectivity index (χ2v) is 7.54. The maximum absolute atomic E-state index is 12.1. The first-order valence-electron chi connectivity index (χ1n) is 7.85. The van der Waals surface area contributed by atoms with Crippen molar-refractivity contribution >= 4 is 45.1 Å². The predicted octanol–water partition coefficient (Wildman–Crippen LogP) is 4.39. The predicted molar refractivity (Wildman–Crippen MR) is 103 cm³/mol. The van der Waals surface area contributed by atoms with Gasteiger partial charge in [-0.15, -0.1) is 11.3 Å². The molecule has 0 saturated carbocycles. The highest BCUT2D eigenvalue weighted by Gasteiger charge is 2.13. The summed E-state index contributed by atoms with van der Waals surface area (Å²) < 4.78 is 4.99. The number of nitrogens with one attached hydrogen (secondary N) is 1. The molecule has 0 saturated heterocycles. The van der Waals surface area contributed by atoms with Crippen molar-refractivity contribution in [2.24, 2.45) is 0 Å². The summed E-state index contributed by atoms with van der Waals surface area (Å²) in [6, 6.07) is 13.9. The highest BCUT2D eigenvalue weighted by molar-refractivity contribution is 8.00. The number of nitrogens with zero attached hydrogens (tertiary/aromatic N) is 3. The maximum atomic E-state index is 12.1. The summed E-state index contributed by atoms with van der Waals surface area (Å²) in [5.41, 5.74) is 1.86. The minimum absolute atomic E-state index is 0.170. The number of hydrogen-bond acceptors (Lipinski definition) is 7. The average molecular weight is 382 g/mol. The van der Waals surface area contributed by atoms with Crippen LogP contribution in [0.2, 0.25) is 0 Å². The Kier molecular flexibility index (Phi) is 4.68. The molecule has 3 heterocycles. The number of thioether (sulfide) groups is 1. The van der Waals surface area contributed by atoms with Crippen molar-refractivity contribution in [3.8, 4) is 10.4 Å². The molecule has 6 nitrogen and oxygen atoms in total. The van der Waals surface area contributed by atoms with Gasteiger partial charge in [-0.2, -0.15) is 0 Å². The number of aromatic nitrogens is 3. The van der Waals surface area contributed by atoms with Crippen molar-refractivity contribution < 1.29 is 9.32 Å². The Morgan fingerprint density at radius 1 is 1.23 bits per heavy atom. The van der Waals surface area contributed by atoms with Gasteiger partial charge in [0.05, 0.1) is 11.4 Å². The standard InChI is InChI=1S/C18H14N4O2S2/c1-11-7-16(24-22-11)21-15(23)9-25-17-13-8-14(12-5-3-2-4-6-12)26-18(13)20-10-19-17/h2-8,10H,9H2,1H3,(H,21,23). The van der Waals surface area contributed by atoms with Crippen LogP contribution >= 0.6 is 23.1 Å². The van der Waals surface area contributed by atoms with E-state index in [2.05, 4.69) is 38.6 Å². The van der Waals surface area contributed by atoms with Gasteiger partial charge in [0, 0.05) is 16.3 Å². The zero-order valence-corrected chi connectivity index (χ0v) is 15.4. The van der Waals surface area contributed by atoms with E-state index in [9.17, 15) is 4.79 Å². The average Bonchev–Trinajstić information content (AvgIpc) is 3.27. The Labute approximate surface area is 157 Å². The summed E-state index contributed by atoms with van der Waals surface area (Å²) in [5.74, 6) is 0.404. The second-order valence-electron chi connectivity index (χ2n) is 5.54. The van der Waals surface area contributed by atoms with Crippen molar-refractivity contribution in [1.29, 1.82) is 0 Å². The summed E-state index contributed by atoms with van der Waals surface area (Å²) in [6.07, 6.45) is 1.54. The first-order valence-corrected chi connectivity index (χ1v) is 9.65. The Morgan fingerprint density at radius 3 is 2.85 bits per heavy atom. The van der Waals surface area contributed by atoms with E-state index in [1.165, 1.54) is 18.1 Å². The number of fused-ring (bicyclic) bond motifs is 1. The zero-order valence-electron chi connectivity index (χ0n) is 13.8. The van der Waals surface area contributed by atoms with Gasteiger partial charge in [0.15, 0.2) is 0 Å². The molecule has 0 spiro atoms. The minimum atomic E-state index is -0.170. The first kappa shape index (κ1) is 16.7. The topological polar surface area (TPSA) is 80.9 Å². The van der Waals surface area contributed by atoms with Gasteiger partial charge in [0.2, 0.25) is 11.8 Å². The van der Waals surface area contributed by atoms with Gasteiger partial charge in [0.25, 0.3) is 0 Å². The monoisotopic (exact) mass is 382 g/mol. The SMILES string of the molecule is Cc1cc(NC(=O)CSc2ncnc3sc(-c4ccccc4)cc23)on1. The van der Waals surface area contributed by atoms with Crippen LogP contribution < -0.4 is 5.32 Å². The van der Waals surface area contributed by atoms with Crippen LogP contribution in [0, 0.1) is 6.92 Å². The summed E-state index contributed by atoms with van der Waals surface area (Å²) in [7, 11) is 0. The Hall–Kier alpha value is -2.71. The van der Waals surface area contributed by atoms with E-state index in [0.29, 0.717) is 5.88 Å².